The number of nitrogens with one attached hydrogen (secondary N) is 2. The fourth-order valence-corrected chi connectivity index (χ4v) is 1.98. The van der Waals surface area contributed by atoms with Gasteiger partial charge >= 0.3 is 0 Å². The molecule has 0 bridgehead atoms. The van der Waals surface area contributed by atoms with E-state index in [0.717, 1.165) is 5.39 Å². The number of aliphatic hydroxyl groups excluding tert-OH is 2. The Morgan fingerprint density at radius 1 is 1.53 bits per heavy atom. The lowest BCUT2D eigenvalue weighted by atomic mass is 10.0. The Hall–Kier alpha value is -1.92. The smallest absolute Gasteiger partial charge is 0.216 e. The number of H-pyrrole nitrogens is 1. The van der Waals surface area contributed by atoms with E-state index in [0.29, 0.717) is 17.8 Å². The van der Waals surface area contributed by atoms with E-state index in [4.69, 9.17) is 0 Å². The molecule has 0 spiro atoms. The highest BCUT2D eigenvalue weighted by atomic mass is 16.3. The minimum Gasteiger partial charge on any atom is -0.390 e. The molecule has 2 rings (SSSR count). The number of hydrogen-bond acceptors (Lipinski definition) is 4. The Morgan fingerprint density at radius 3 is 3.05 bits per heavy atom. The molecule has 0 radical (unpaired) electrons. The largest absolute Gasteiger partial charge is 0.390 e. The number of hydrogen-bond donors (Lipinski definition) is 4. The van der Waals surface area contributed by atoms with Crippen molar-refractivity contribution in [1.82, 2.24) is 15.3 Å². The number of aromatic amines is 1. The maximum atomic E-state index is 10.7. The van der Waals surface area contributed by atoms with E-state index < -0.39 is 12.2 Å². The van der Waals surface area contributed by atoms with E-state index in [1.54, 1.807) is 18.5 Å². The number of aliphatic hydroxyl groups is 2. The van der Waals surface area contributed by atoms with E-state index in [9.17, 15) is 15.0 Å². The van der Waals surface area contributed by atoms with E-state index in [2.05, 4.69) is 15.3 Å². The number of amides is 1. The van der Waals surface area contributed by atoms with Crippen molar-refractivity contribution >= 4 is 16.9 Å². The molecule has 2 atom stereocenters. The second-order valence-electron chi connectivity index (χ2n) is 4.43. The molecule has 0 saturated carbocycles. The third-order valence-corrected chi connectivity index (χ3v) is 2.98. The molecule has 0 aliphatic heterocycles. The molecule has 0 aliphatic rings. The van der Waals surface area contributed by atoms with Crippen LogP contribution in [0, 0.1) is 0 Å². The summed E-state index contributed by atoms with van der Waals surface area (Å²) < 4.78 is 0. The average Bonchev–Trinajstić information content (AvgIpc) is 2.81. The fraction of sp³-hybridized carbons (Fsp3) is 0.385. The van der Waals surface area contributed by atoms with Crippen LogP contribution in [0.4, 0.5) is 0 Å². The molecule has 0 aliphatic carbocycles. The number of aromatic nitrogens is 2. The molecular formula is C13H17N3O3. The van der Waals surface area contributed by atoms with Gasteiger partial charge in [-0.1, -0.05) is 0 Å². The van der Waals surface area contributed by atoms with Crippen molar-refractivity contribution in [3.05, 3.63) is 30.1 Å². The van der Waals surface area contributed by atoms with Crippen LogP contribution in [0.3, 0.4) is 0 Å². The minimum atomic E-state index is -1.01. The second kappa shape index (κ2) is 5.81. The summed E-state index contributed by atoms with van der Waals surface area (Å²) in [6.45, 7) is 1.74. The average molecular weight is 263 g/mol. The summed E-state index contributed by atoms with van der Waals surface area (Å²) in [4.78, 5) is 17.8. The molecule has 19 heavy (non-hydrogen) atoms. The highest BCUT2D eigenvalue weighted by molar-refractivity contribution is 5.79. The first-order valence-corrected chi connectivity index (χ1v) is 6.12. The predicted molar refractivity (Wildman–Crippen MR) is 70.4 cm³/mol. The Bertz CT molecular complexity index is 567. The van der Waals surface area contributed by atoms with Gasteiger partial charge in [-0.25, -0.2) is 4.98 Å². The molecule has 0 fully saturated rings. The topological polar surface area (TPSA) is 98.2 Å². The molecule has 1 amide bonds. The van der Waals surface area contributed by atoms with Crippen LogP contribution in [0.1, 0.15) is 25.0 Å². The Labute approximate surface area is 110 Å². The molecule has 6 heteroatoms. The summed E-state index contributed by atoms with van der Waals surface area (Å²) in [5.74, 6) is -0.155. The standard InChI is InChI=1S/C13H17N3O3/c1-8(17)14-6-4-11(18)12(19)10-7-16-13-9(10)3-2-5-15-13/h2-3,5,7,11-12,18-19H,4,6H2,1H3,(H,14,17)(H,15,16). The van der Waals surface area contributed by atoms with Gasteiger partial charge in [-0.3, -0.25) is 4.79 Å². The SMILES string of the molecule is CC(=O)NCCC(O)C(O)c1c[nH]c2ncccc12. The van der Waals surface area contributed by atoms with Crippen LogP contribution >= 0.6 is 0 Å². The Kier molecular flexibility index (Phi) is 4.13. The van der Waals surface area contributed by atoms with Crippen LogP contribution in [-0.2, 0) is 4.79 Å². The van der Waals surface area contributed by atoms with Gasteiger partial charge < -0.3 is 20.5 Å². The number of pyridine rings is 1. The zero-order valence-corrected chi connectivity index (χ0v) is 10.6. The molecule has 102 valence electrons. The van der Waals surface area contributed by atoms with E-state index in [1.807, 2.05) is 6.07 Å². The summed E-state index contributed by atoms with van der Waals surface area (Å²) in [5.41, 5.74) is 1.28. The molecule has 6 nitrogen and oxygen atoms in total. The van der Waals surface area contributed by atoms with Gasteiger partial charge in [0.05, 0.1) is 6.10 Å². The van der Waals surface area contributed by atoms with Gasteiger partial charge in [0.1, 0.15) is 11.8 Å². The third-order valence-electron chi connectivity index (χ3n) is 2.98. The lowest BCUT2D eigenvalue weighted by molar-refractivity contribution is -0.119. The monoisotopic (exact) mass is 263 g/mol. The third kappa shape index (κ3) is 3.10. The molecule has 2 unspecified atom stereocenters. The van der Waals surface area contributed by atoms with E-state index >= 15 is 0 Å². The van der Waals surface area contributed by atoms with Gasteiger partial charge in [0.25, 0.3) is 0 Å². The number of carbonyl (C=O) groups excluding carboxylic acids is 1. The zero-order chi connectivity index (χ0) is 13.8. The highest BCUT2D eigenvalue weighted by Gasteiger charge is 2.21. The first-order chi connectivity index (χ1) is 9.09. The lowest BCUT2D eigenvalue weighted by Gasteiger charge is -2.17. The maximum Gasteiger partial charge on any atom is 0.216 e. The van der Waals surface area contributed by atoms with Crippen molar-refractivity contribution in [2.45, 2.75) is 25.6 Å². The quantitative estimate of drug-likeness (QED) is 0.630. The van der Waals surface area contributed by atoms with Gasteiger partial charge in [0, 0.05) is 36.8 Å². The van der Waals surface area contributed by atoms with Crippen LogP contribution in [0.5, 0.6) is 0 Å². The van der Waals surface area contributed by atoms with Crippen molar-refractivity contribution in [1.29, 1.82) is 0 Å². The summed E-state index contributed by atoms with van der Waals surface area (Å²) in [6, 6.07) is 3.61. The zero-order valence-electron chi connectivity index (χ0n) is 10.6. The molecule has 2 aromatic heterocycles. The van der Waals surface area contributed by atoms with Crippen LogP contribution in [0.2, 0.25) is 0 Å². The summed E-state index contributed by atoms with van der Waals surface area (Å²) in [5, 5.41) is 23.4. The highest BCUT2D eigenvalue weighted by Crippen LogP contribution is 2.25. The first-order valence-electron chi connectivity index (χ1n) is 6.12. The summed E-state index contributed by atoms with van der Waals surface area (Å²) in [7, 11) is 0. The van der Waals surface area contributed by atoms with Crippen molar-refractivity contribution in [3.63, 3.8) is 0 Å². The molecular weight excluding hydrogens is 246 g/mol. The van der Waals surface area contributed by atoms with Crippen LogP contribution in [0.25, 0.3) is 11.0 Å². The number of carbonyl (C=O) groups is 1. The summed E-state index contributed by atoms with van der Waals surface area (Å²) >= 11 is 0. The van der Waals surface area contributed by atoms with Crippen molar-refractivity contribution in [2.75, 3.05) is 6.54 Å². The maximum absolute atomic E-state index is 10.7. The first kappa shape index (κ1) is 13.5. The van der Waals surface area contributed by atoms with Crippen molar-refractivity contribution in [2.24, 2.45) is 0 Å². The molecule has 0 saturated heterocycles. The van der Waals surface area contributed by atoms with Gasteiger partial charge in [0.2, 0.25) is 5.91 Å². The lowest BCUT2D eigenvalue weighted by Crippen LogP contribution is -2.27. The number of fused-ring (bicyclic) bond motifs is 1. The second-order valence-corrected chi connectivity index (χ2v) is 4.43. The Balaban J connectivity index is 2.06. The minimum absolute atomic E-state index is 0.155. The molecule has 2 aromatic rings. The molecule has 0 aromatic carbocycles. The van der Waals surface area contributed by atoms with Gasteiger partial charge in [-0.2, -0.15) is 0 Å². The Morgan fingerprint density at radius 2 is 2.32 bits per heavy atom. The number of rotatable bonds is 5. The van der Waals surface area contributed by atoms with Crippen LogP contribution < -0.4 is 5.32 Å². The van der Waals surface area contributed by atoms with Crippen molar-refractivity contribution in [3.8, 4) is 0 Å². The van der Waals surface area contributed by atoms with Crippen LogP contribution in [0.15, 0.2) is 24.5 Å². The van der Waals surface area contributed by atoms with E-state index in [1.165, 1.54) is 6.92 Å². The normalized spacial score (nSPS) is 14.3. The predicted octanol–water partition coefficient (Wildman–Crippen LogP) is 0.483. The van der Waals surface area contributed by atoms with E-state index in [-0.39, 0.29) is 12.3 Å². The molecule has 4 N–H and O–H groups in total. The molecule has 2 heterocycles. The van der Waals surface area contributed by atoms with Gasteiger partial charge in [0.15, 0.2) is 0 Å². The van der Waals surface area contributed by atoms with Crippen molar-refractivity contribution < 1.29 is 15.0 Å². The summed E-state index contributed by atoms with van der Waals surface area (Å²) in [6.07, 6.45) is 1.64. The van der Waals surface area contributed by atoms with Gasteiger partial charge in [-0.05, 0) is 18.6 Å². The van der Waals surface area contributed by atoms with Crippen LogP contribution in [-0.4, -0.2) is 38.7 Å². The number of nitrogens with zero attached hydrogens (tertiary/aromatic N) is 1. The van der Waals surface area contributed by atoms with Gasteiger partial charge in [-0.15, -0.1) is 0 Å². The fourth-order valence-electron chi connectivity index (χ4n) is 1.98.